The zero-order valence-electron chi connectivity index (χ0n) is 11.7. The molecule has 1 aromatic carbocycles. The maximum Gasteiger partial charge on any atom is 0.187 e. The van der Waals surface area contributed by atoms with Crippen molar-refractivity contribution < 1.29 is 5.11 Å². The summed E-state index contributed by atoms with van der Waals surface area (Å²) in [5.41, 5.74) is 3.75. The second-order valence-corrected chi connectivity index (χ2v) is 5.71. The first-order valence-electron chi connectivity index (χ1n) is 7.04. The van der Waals surface area contributed by atoms with Crippen molar-refractivity contribution in [3.8, 4) is 5.75 Å². The maximum atomic E-state index is 9.19. The lowest BCUT2D eigenvalue weighted by Crippen LogP contribution is -2.44. The first-order valence-corrected chi connectivity index (χ1v) is 7.44. The number of hydrogen-bond acceptors (Lipinski definition) is 3. The Morgan fingerprint density at radius 1 is 1.30 bits per heavy atom. The Morgan fingerprint density at radius 2 is 2.00 bits per heavy atom. The van der Waals surface area contributed by atoms with Crippen LogP contribution in [0.1, 0.15) is 38.2 Å². The van der Waals surface area contributed by atoms with Crippen molar-refractivity contribution in [3.05, 3.63) is 29.8 Å². The van der Waals surface area contributed by atoms with Crippen LogP contribution < -0.4 is 10.7 Å². The second kappa shape index (κ2) is 7.24. The van der Waals surface area contributed by atoms with Crippen molar-refractivity contribution in [3.63, 3.8) is 0 Å². The standard InChI is InChI=1S/C15H21N3OS/c1-11-4-2-3-5-14(11)17-15(20)18-16-10-12-6-8-13(19)9-7-12/h6-11,14,19H,2-5H2,1H3,(H2,17,18,20)/b16-10+/t11-,14+/m1/s1. The molecule has 1 aliphatic carbocycles. The van der Waals surface area contributed by atoms with Gasteiger partial charge in [-0.2, -0.15) is 5.10 Å². The third-order valence-electron chi connectivity index (χ3n) is 3.70. The fraction of sp³-hybridized carbons (Fsp3) is 0.467. The van der Waals surface area contributed by atoms with Gasteiger partial charge in [-0.3, -0.25) is 5.43 Å². The average Bonchev–Trinajstić information content (AvgIpc) is 2.44. The fourth-order valence-electron chi connectivity index (χ4n) is 2.46. The molecule has 0 bridgehead atoms. The summed E-state index contributed by atoms with van der Waals surface area (Å²) in [5.74, 6) is 0.906. The zero-order chi connectivity index (χ0) is 14.4. The van der Waals surface area contributed by atoms with E-state index in [0.717, 1.165) is 5.56 Å². The Bertz CT molecular complexity index is 473. The molecule has 0 aromatic heterocycles. The van der Waals surface area contributed by atoms with Gasteiger partial charge in [-0.1, -0.05) is 19.8 Å². The molecule has 0 saturated heterocycles. The Hall–Kier alpha value is -1.62. The lowest BCUT2D eigenvalue weighted by molar-refractivity contribution is 0.308. The smallest absolute Gasteiger partial charge is 0.187 e. The third-order valence-corrected chi connectivity index (χ3v) is 3.91. The van der Waals surface area contributed by atoms with Crippen molar-refractivity contribution >= 4 is 23.5 Å². The van der Waals surface area contributed by atoms with Crippen LogP contribution in [0.2, 0.25) is 0 Å². The van der Waals surface area contributed by atoms with Crippen molar-refractivity contribution in [2.75, 3.05) is 0 Å². The summed E-state index contributed by atoms with van der Waals surface area (Å²) in [4.78, 5) is 0. The number of nitrogens with one attached hydrogen (secondary N) is 2. The van der Waals surface area contributed by atoms with E-state index in [1.165, 1.54) is 25.7 Å². The topological polar surface area (TPSA) is 56.7 Å². The largest absolute Gasteiger partial charge is 0.508 e. The van der Waals surface area contributed by atoms with Crippen LogP contribution in [0, 0.1) is 5.92 Å². The molecule has 20 heavy (non-hydrogen) atoms. The molecule has 2 rings (SSSR count). The summed E-state index contributed by atoms with van der Waals surface area (Å²) in [6.45, 7) is 2.26. The number of aromatic hydroxyl groups is 1. The van der Waals surface area contributed by atoms with Gasteiger partial charge in [0.2, 0.25) is 0 Å². The second-order valence-electron chi connectivity index (χ2n) is 5.30. The third kappa shape index (κ3) is 4.49. The van der Waals surface area contributed by atoms with Gasteiger partial charge in [-0.25, -0.2) is 0 Å². The molecule has 0 aliphatic heterocycles. The maximum absolute atomic E-state index is 9.19. The van der Waals surface area contributed by atoms with E-state index in [1.807, 2.05) is 0 Å². The molecular formula is C15H21N3OS. The lowest BCUT2D eigenvalue weighted by atomic mass is 9.86. The van der Waals surface area contributed by atoms with E-state index in [2.05, 4.69) is 22.8 Å². The van der Waals surface area contributed by atoms with Gasteiger partial charge in [0.15, 0.2) is 5.11 Å². The normalized spacial score (nSPS) is 22.6. The van der Waals surface area contributed by atoms with Crippen molar-refractivity contribution in [2.45, 2.75) is 38.6 Å². The van der Waals surface area contributed by atoms with Crippen LogP contribution in [0.15, 0.2) is 29.4 Å². The van der Waals surface area contributed by atoms with Gasteiger partial charge in [0.1, 0.15) is 5.75 Å². The van der Waals surface area contributed by atoms with E-state index >= 15 is 0 Å². The highest BCUT2D eigenvalue weighted by molar-refractivity contribution is 7.80. The molecule has 1 aromatic rings. The lowest BCUT2D eigenvalue weighted by Gasteiger charge is -2.30. The van der Waals surface area contributed by atoms with E-state index in [0.29, 0.717) is 17.1 Å². The Labute approximate surface area is 125 Å². The highest BCUT2D eigenvalue weighted by atomic mass is 32.1. The molecule has 0 spiro atoms. The van der Waals surface area contributed by atoms with Crippen LogP contribution in [0.5, 0.6) is 5.75 Å². The quantitative estimate of drug-likeness (QED) is 0.455. The molecule has 5 heteroatoms. The molecule has 4 nitrogen and oxygen atoms in total. The molecule has 1 saturated carbocycles. The van der Waals surface area contributed by atoms with Crippen LogP contribution in [0.3, 0.4) is 0 Å². The van der Waals surface area contributed by atoms with Crippen LogP contribution in [0.25, 0.3) is 0 Å². The van der Waals surface area contributed by atoms with E-state index in [-0.39, 0.29) is 5.75 Å². The fourth-order valence-corrected chi connectivity index (χ4v) is 2.66. The Balaban J connectivity index is 1.78. The highest BCUT2D eigenvalue weighted by Gasteiger charge is 2.21. The van der Waals surface area contributed by atoms with Gasteiger partial charge >= 0.3 is 0 Å². The number of nitrogens with zero attached hydrogens (tertiary/aromatic N) is 1. The predicted molar refractivity (Wildman–Crippen MR) is 86.0 cm³/mol. The molecule has 0 heterocycles. The number of hydrazone groups is 1. The molecule has 2 atom stereocenters. The van der Waals surface area contributed by atoms with Crippen LogP contribution in [-0.2, 0) is 0 Å². The summed E-state index contributed by atoms with van der Waals surface area (Å²) in [6.07, 6.45) is 6.69. The van der Waals surface area contributed by atoms with Gasteiger partial charge in [-0.15, -0.1) is 0 Å². The molecule has 108 valence electrons. The minimum Gasteiger partial charge on any atom is -0.508 e. The molecule has 1 fully saturated rings. The molecule has 0 amide bonds. The number of thiocarbonyl (C=S) groups is 1. The SMILES string of the molecule is C[C@@H]1CCCC[C@@H]1NC(=S)N/N=C/c1ccc(O)cc1. The number of rotatable bonds is 3. The van der Waals surface area contributed by atoms with E-state index in [9.17, 15) is 5.11 Å². The first kappa shape index (κ1) is 14.8. The van der Waals surface area contributed by atoms with E-state index < -0.39 is 0 Å². The molecular weight excluding hydrogens is 270 g/mol. The summed E-state index contributed by atoms with van der Waals surface area (Å²) in [5, 5.41) is 17.2. The number of phenolic OH excluding ortho intramolecular Hbond substituents is 1. The van der Waals surface area contributed by atoms with Crippen molar-refractivity contribution in [2.24, 2.45) is 11.0 Å². The number of phenols is 1. The summed E-state index contributed by atoms with van der Waals surface area (Å²) in [6, 6.07) is 7.29. The first-order chi connectivity index (χ1) is 9.65. The zero-order valence-corrected chi connectivity index (χ0v) is 12.5. The van der Waals surface area contributed by atoms with Crippen LogP contribution in [0.4, 0.5) is 0 Å². The van der Waals surface area contributed by atoms with Crippen LogP contribution in [-0.4, -0.2) is 22.5 Å². The minimum absolute atomic E-state index is 0.249. The van der Waals surface area contributed by atoms with E-state index in [4.69, 9.17) is 12.2 Å². The van der Waals surface area contributed by atoms with Gasteiger partial charge in [-0.05, 0) is 60.8 Å². The van der Waals surface area contributed by atoms with Crippen molar-refractivity contribution in [1.29, 1.82) is 0 Å². The minimum atomic E-state index is 0.249. The Morgan fingerprint density at radius 3 is 2.70 bits per heavy atom. The number of hydrogen-bond donors (Lipinski definition) is 3. The number of benzene rings is 1. The van der Waals surface area contributed by atoms with E-state index in [1.54, 1.807) is 30.5 Å². The molecule has 1 aliphatic rings. The summed E-state index contributed by atoms with van der Waals surface area (Å²) >= 11 is 5.25. The Kier molecular flexibility index (Phi) is 5.35. The van der Waals surface area contributed by atoms with Crippen LogP contribution >= 0.6 is 12.2 Å². The monoisotopic (exact) mass is 291 g/mol. The van der Waals surface area contributed by atoms with Gasteiger partial charge in [0.05, 0.1) is 6.21 Å². The molecule has 0 radical (unpaired) electrons. The summed E-state index contributed by atoms with van der Waals surface area (Å²) < 4.78 is 0. The summed E-state index contributed by atoms with van der Waals surface area (Å²) in [7, 11) is 0. The molecule has 3 N–H and O–H groups in total. The highest BCUT2D eigenvalue weighted by Crippen LogP contribution is 2.23. The van der Waals surface area contributed by atoms with Gasteiger partial charge < -0.3 is 10.4 Å². The van der Waals surface area contributed by atoms with Crippen molar-refractivity contribution in [1.82, 2.24) is 10.7 Å². The van der Waals surface area contributed by atoms with Gasteiger partial charge in [0, 0.05) is 6.04 Å². The average molecular weight is 291 g/mol. The predicted octanol–water partition coefficient (Wildman–Crippen LogP) is 2.77. The van der Waals surface area contributed by atoms with Gasteiger partial charge in [0.25, 0.3) is 0 Å². The molecule has 0 unspecified atom stereocenters.